The van der Waals surface area contributed by atoms with Crippen molar-refractivity contribution >= 4 is 0 Å². The van der Waals surface area contributed by atoms with Crippen LogP contribution in [-0.4, -0.2) is 0 Å². The van der Waals surface area contributed by atoms with Gasteiger partial charge in [0.2, 0.25) is 0 Å². The fourth-order valence-corrected chi connectivity index (χ4v) is 1.03. The first-order chi connectivity index (χ1) is 7.11. The van der Waals surface area contributed by atoms with Gasteiger partial charge in [-0.15, -0.1) is 0 Å². The highest BCUT2D eigenvalue weighted by molar-refractivity contribution is 5.41. The maximum absolute atomic E-state index is 3.93. The van der Waals surface area contributed by atoms with Crippen LogP contribution in [0.5, 0.6) is 0 Å². The molecule has 0 amide bonds. The van der Waals surface area contributed by atoms with Crippen LogP contribution in [0, 0.1) is 0 Å². The van der Waals surface area contributed by atoms with E-state index in [9.17, 15) is 0 Å². The van der Waals surface area contributed by atoms with Crippen molar-refractivity contribution < 1.29 is 0 Å². The highest BCUT2D eigenvalue weighted by atomic mass is 13.9. The Morgan fingerprint density at radius 1 is 0.933 bits per heavy atom. The van der Waals surface area contributed by atoms with Crippen LogP contribution < -0.4 is 0 Å². The summed E-state index contributed by atoms with van der Waals surface area (Å²) >= 11 is 0. The van der Waals surface area contributed by atoms with Crippen molar-refractivity contribution in [3.8, 4) is 0 Å². The van der Waals surface area contributed by atoms with Crippen molar-refractivity contribution in [2.24, 2.45) is 0 Å². The lowest BCUT2D eigenvalue weighted by Gasteiger charge is -1.98. The summed E-state index contributed by atoms with van der Waals surface area (Å²) in [5.41, 5.74) is 3.20. The van der Waals surface area contributed by atoms with E-state index in [1.165, 1.54) is 0 Å². The average molecular weight is 200 g/mol. The van der Waals surface area contributed by atoms with Gasteiger partial charge >= 0.3 is 0 Å². The standard InChI is InChI=1S/C15H20/c1-6-8-9-10-14(5)11-12-15(7-2)13(3)4/h6-12H,3,5H2,1-2,4H3/b8-6-,10-9-,12-11-,15-7+. The van der Waals surface area contributed by atoms with Gasteiger partial charge in [0.25, 0.3) is 0 Å². The van der Waals surface area contributed by atoms with E-state index in [1.54, 1.807) is 0 Å². The van der Waals surface area contributed by atoms with Gasteiger partial charge in [-0.25, -0.2) is 0 Å². The summed E-state index contributed by atoms with van der Waals surface area (Å²) in [4.78, 5) is 0. The van der Waals surface area contributed by atoms with E-state index in [0.29, 0.717) is 0 Å². The van der Waals surface area contributed by atoms with Gasteiger partial charge in [0.15, 0.2) is 0 Å². The van der Waals surface area contributed by atoms with Crippen LogP contribution in [-0.2, 0) is 0 Å². The van der Waals surface area contributed by atoms with Gasteiger partial charge in [0.1, 0.15) is 0 Å². The van der Waals surface area contributed by atoms with Gasteiger partial charge < -0.3 is 0 Å². The minimum absolute atomic E-state index is 0.980. The smallest absolute Gasteiger partial charge is 0.0276 e. The Labute approximate surface area is 93.7 Å². The Balaban J connectivity index is 4.40. The molecule has 0 saturated heterocycles. The molecule has 0 bridgehead atoms. The lowest BCUT2D eigenvalue weighted by molar-refractivity contribution is 1.42. The number of hydrogen-bond acceptors (Lipinski definition) is 0. The molecule has 0 atom stereocenters. The molecule has 0 unspecified atom stereocenters. The van der Waals surface area contributed by atoms with Crippen molar-refractivity contribution in [2.45, 2.75) is 20.8 Å². The van der Waals surface area contributed by atoms with Crippen LogP contribution in [0.3, 0.4) is 0 Å². The average Bonchev–Trinajstić information content (AvgIpc) is 2.18. The molecule has 0 aromatic carbocycles. The van der Waals surface area contributed by atoms with Gasteiger partial charge in [0, 0.05) is 0 Å². The normalized spacial score (nSPS) is 13.1. The SMILES string of the molecule is C=C(/C=C\C=C/C)/C=C\C(=C/C)C(=C)C. The van der Waals surface area contributed by atoms with Gasteiger partial charge in [0.05, 0.1) is 0 Å². The molecular formula is C15H20. The van der Waals surface area contributed by atoms with E-state index in [0.717, 1.165) is 16.7 Å². The van der Waals surface area contributed by atoms with Crippen LogP contribution >= 0.6 is 0 Å². The van der Waals surface area contributed by atoms with Crippen LogP contribution in [0.1, 0.15) is 20.8 Å². The first kappa shape index (κ1) is 13.4. The van der Waals surface area contributed by atoms with E-state index in [1.807, 2.05) is 63.3 Å². The largest absolute Gasteiger partial charge is 0.0955 e. The molecule has 0 aromatic rings. The van der Waals surface area contributed by atoms with Crippen molar-refractivity contribution in [1.29, 1.82) is 0 Å². The summed E-state index contributed by atoms with van der Waals surface area (Å²) in [5, 5.41) is 0. The topological polar surface area (TPSA) is 0 Å². The van der Waals surface area contributed by atoms with E-state index in [2.05, 4.69) is 13.2 Å². The molecule has 0 nitrogen and oxygen atoms in total. The molecular weight excluding hydrogens is 180 g/mol. The van der Waals surface area contributed by atoms with Gasteiger partial charge in [-0.05, 0) is 31.9 Å². The lowest BCUT2D eigenvalue weighted by atomic mass is 10.1. The summed E-state index contributed by atoms with van der Waals surface area (Å²) in [7, 11) is 0. The Morgan fingerprint density at radius 3 is 2.07 bits per heavy atom. The van der Waals surface area contributed by atoms with E-state index >= 15 is 0 Å². The van der Waals surface area contributed by atoms with Crippen LogP contribution in [0.4, 0.5) is 0 Å². The second-order valence-electron chi connectivity index (χ2n) is 3.32. The molecule has 0 saturated carbocycles. The molecule has 0 rings (SSSR count). The van der Waals surface area contributed by atoms with E-state index in [-0.39, 0.29) is 0 Å². The first-order valence-electron chi connectivity index (χ1n) is 5.10. The lowest BCUT2D eigenvalue weighted by Crippen LogP contribution is -1.78. The van der Waals surface area contributed by atoms with Crippen molar-refractivity contribution in [3.63, 3.8) is 0 Å². The maximum atomic E-state index is 3.93. The molecule has 0 aliphatic heterocycles. The Bertz CT molecular complexity index is 333. The number of allylic oxidation sites excluding steroid dienone is 10. The molecule has 0 heteroatoms. The summed E-state index contributed by atoms with van der Waals surface area (Å²) in [6, 6.07) is 0. The van der Waals surface area contributed by atoms with Gasteiger partial charge in [-0.3, -0.25) is 0 Å². The Hall–Kier alpha value is -1.56. The summed E-state index contributed by atoms with van der Waals surface area (Å²) in [6.45, 7) is 13.8. The minimum Gasteiger partial charge on any atom is -0.0955 e. The van der Waals surface area contributed by atoms with Crippen molar-refractivity contribution in [3.05, 3.63) is 72.4 Å². The second kappa shape index (κ2) is 7.81. The summed E-state index contributed by atoms with van der Waals surface area (Å²) in [5.74, 6) is 0. The first-order valence-corrected chi connectivity index (χ1v) is 5.10. The maximum Gasteiger partial charge on any atom is -0.0276 e. The molecule has 0 aromatic heterocycles. The molecule has 0 aliphatic rings. The molecule has 0 radical (unpaired) electrons. The highest BCUT2D eigenvalue weighted by Crippen LogP contribution is 2.09. The third-order valence-corrected chi connectivity index (χ3v) is 1.89. The summed E-state index contributed by atoms with van der Waals surface area (Å²) < 4.78 is 0. The molecule has 80 valence electrons. The quantitative estimate of drug-likeness (QED) is 0.562. The number of hydrogen-bond donors (Lipinski definition) is 0. The zero-order valence-electron chi connectivity index (χ0n) is 9.96. The molecule has 15 heavy (non-hydrogen) atoms. The zero-order valence-corrected chi connectivity index (χ0v) is 9.96. The monoisotopic (exact) mass is 200 g/mol. The van der Waals surface area contributed by atoms with Crippen molar-refractivity contribution in [1.82, 2.24) is 0 Å². The predicted octanol–water partition coefficient (Wildman–Crippen LogP) is 4.75. The number of rotatable bonds is 5. The molecule has 0 aliphatic carbocycles. The van der Waals surface area contributed by atoms with Crippen LogP contribution in [0.2, 0.25) is 0 Å². The zero-order chi connectivity index (χ0) is 11.7. The third-order valence-electron chi connectivity index (χ3n) is 1.89. The third kappa shape index (κ3) is 6.50. The molecule has 0 heterocycles. The molecule has 0 spiro atoms. The fraction of sp³-hybridized carbons (Fsp3) is 0.200. The van der Waals surface area contributed by atoms with Gasteiger partial charge in [-0.1, -0.05) is 61.3 Å². The molecule has 0 fully saturated rings. The Morgan fingerprint density at radius 2 is 1.60 bits per heavy atom. The molecule has 0 N–H and O–H groups in total. The van der Waals surface area contributed by atoms with E-state index in [4.69, 9.17) is 0 Å². The summed E-state index contributed by atoms with van der Waals surface area (Å²) in [6.07, 6.45) is 14.0. The van der Waals surface area contributed by atoms with Gasteiger partial charge in [-0.2, -0.15) is 0 Å². The second-order valence-corrected chi connectivity index (χ2v) is 3.32. The van der Waals surface area contributed by atoms with Crippen LogP contribution in [0.15, 0.2) is 72.4 Å². The van der Waals surface area contributed by atoms with E-state index < -0.39 is 0 Å². The fourth-order valence-electron chi connectivity index (χ4n) is 1.03. The highest BCUT2D eigenvalue weighted by Gasteiger charge is 1.89. The van der Waals surface area contributed by atoms with Crippen LogP contribution in [0.25, 0.3) is 0 Å². The minimum atomic E-state index is 0.980. The Kier molecular flexibility index (Phi) is 7.00. The predicted molar refractivity (Wildman–Crippen MR) is 70.8 cm³/mol. The van der Waals surface area contributed by atoms with Crippen molar-refractivity contribution in [2.75, 3.05) is 0 Å².